The molecule has 0 amide bonds. The number of nitrogens with one attached hydrogen (secondary N) is 1. The van der Waals surface area contributed by atoms with E-state index in [0.29, 0.717) is 6.04 Å². The van der Waals surface area contributed by atoms with Gasteiger partial charge in [0.25, 0.3) is 0 Å². The van der Waals surface area contributed by atoms with Crippen LogP contribution in [0.25, 0.3) is 0 Å². The molecule has 19 heavy (non-hydrogen) atoms. The van der Waals surface area contributed by atoms with Crippen LogP contribution in [0.5, 0.6) is 0 Å². The van der Waals surface area contributed by atoms with E-state index in [4.69, 9.17) is 5.84 Å². The van der Waals surface area contributed by atoms with Crippen LogP contribution in [0.2, 0.25) is 0 Å². The highest BCUT2D eigenvalue weighted by Gasteiger charge is 2.17. The van der Waals surface area contributed by atoms with Crippen LogP contribution < -0.4 is 16.2 Å². The van der Waals surface area contributed by atoms with E-state index in [9.17, 15) is 0 Å². The normalized spacial score (nSPS) is 12.3. The second-order valence-electron chi connectivity index (χ2n) is 4.75. The molecule has 1 unspecified atom stereocenters. The third kappa shape index (κ3) is 3.98. The summed E-state index contributed by atoms with van der Waals surface area (Å²) in [7, 11) is 2.08. The van der Waals surface area contributed by atoms with Crippen molar-refractivity contribution >= 4 is 23.4 Å². The van der Waals surface area contributed by atoms with Gasteiger partial charge in [0.05, 0.1) is 0 Å². The molecule has 1 aromatic heterocycles. The molecule has 3 N–H and O–H groups in total. The van der Waals surface area contributed by atoms with Crippen molar-refractivity contribution in [2.75, 3.05) is 29.4 Å². The second-order valence-corrected chi connectivity index (χ2v) is 5.66. The number of nitrogen functional groups attached to an aromatic ring is 1. The second kappa shape index (κ2) is 7.55. The lowest BCUT2D eigenvalue weighted by atomic mass is 10.2. The molecule has 1 heterocycles. The fourth-order valence-corrected chi connectivity index (χ4v) is 2.64. The Morgan fingerprint density at radius 2 is 2.11 bits per heavy atom. The maximum atomic E-state index is 5.56. The number of nitrogens with two attached hydrogens (primary N) is 1. The first-order chi connectivity index (χ1) is 9.04. The van der Waals surface area contributed by atoms with Crippen LogP contribution in [0, 0.1) is 6.92 Å². The van der Waals surface area contributed by atoms with Gasteiger partial charge in [-0.3, -0.25) is 0 Å². The first kappa shape index (κ1) is 16.0. The van der Waals surface area contributed by atoms with Crippen molar-refractivity contribution in [3.8, 4) is 0 Å². The van der Waals surface area contributed by atoms with E-state index in [1.54, 1.807) is 0 Å². The number of hydrazine groups is 1. The Morgan fingerprint density at radius 1 is 1.42 bits per heavy atom. The Hall–Kier alpha value is -1.01. The molecule has 0 aliphatic rings. The van der Waals surface area contributed by atoms with Gasteiger partial charge in [-0.05, 0) is 26.5 Å². The highest BCUT2D eigenvalue weighted by Crippen LogP contribution is 2.24. The molecule has 0 saturated heterocycles. The molecule has 0 aromatic carbocycles. The summed E-state index contributed by atoms with van der Waals surface area (Å²) in [5.74, 6) is 9.15. The molecule has 0 spiro atoms. The molecule has 0 aliphatic heterocycles. The van der Waals surface area contributed by atoms with Crippen molar-refractivity contribution < 1.29 is 0 Å². The summed E-state index contributed by atoms with van der Waals surface area (Å²) in [5.41, 5.74) is 3.68. The van der Waals surface area contributed by atoms with Crippen molar-refractivity contribution in [1.29, 1.82) is 0 Å². The standard InChI is InChI=1S/C13H25N5S/c1-6-7-11-15-12(17-14)10(3)13(16-11)18(4)9(2)8-19-5/h9H,6-8,14H2,1-5H3,(H,15,16,17). The van der Waals surface area contributed by atoms with Crippen molar-refractivity contribution in [2.45, 2.75) is 39.7 Å². The summed E-state index contributed by atoms with van der Waals surface area (Å²) in [5, 5.41) is 0. The van der Waals surface area contributed by atoms with Gasteiger partial charge in [-0.15, -0.1) is 0 Å². The van der Waals surface area contributed by atoms with Crippen LogP contribution in [0.3, 0.4) is 0 Å². The molecule has 0 fully saturated rings. The monoisotopic (exact) mass is 283 g/mol. The van der Waals surface area contributed by atoms with Crippen LogP contribution in [0.15, 0.2) is 0 Å². The quantitative estimate of drug-likeness (QED) is 0.591. The van der Waals surface area contributed by atoms with Crippen molar-refractivity contribution in [3.63, 3.8) is 0 Å². The lowest BCUT2D eigenvalue weighted by Crippen LogP contribution is -2.33. The number of thioether (sulfide) groups is 1. The van der Waals surface area contributed by atoms with E-state index in [2.05, 4.69) is 47.4 Å². The molecule has 5 nitrogen and oxygen atoms in total. The summed E-state index contributed by atoms with van der Waals surface area (Å²) < 4.78 is 0. The zero-order chi connectivity index (χ0) is 14.4. The molecule has 0 bridgehead atoms. The van der Waals surface area contributed by atoms with Gasteiger partial charge in [0.1, 0.15) is 17.5 Å². The number of rotatable bonds is 7. The maximum absolute atomic E-state index is 5.56. The molecule has 0 radical (unpaired) electrons. The van der Waals surface area contributed by atoms with Crippen LogP contribution in [-0.4, -0.2) is 35.1 Å². The number of nitrogens with zero attached hydrogens (tertiary/aromatic N) is 3. The first-order valence-corrected chi connectivity index (χ1v) is 8.00. The predicted octanol–water partition coefficient (Wildman–Crippen LogP) is 2.21. The molecule has 0 aliphatic carbocycles. The highest BCUT2D eigenvalue weighted by atomic mass is 32.2. The van der Waals surface area contributed by atoms with Gasteiger partial charge in [-0.25, -0.2) is 15.8 Å². The average Bonchev–Trinajstić information content (AvgIpc) is 2.40. The van der Waals surface area contributed by atoms with Gasteiger partial charge in [0.15, 0.2) is 0 Å². The van der Waals surface area contributed by atoms with Gasteiger partial charge in [0, 0.05) is 30.8 Å². The number of hydrogen-bond acceptors (Lipinski definition) is 6. The van der Waals surface area contributed by atoms with Crippen molar-refractivity contribution in [1.82, 2.24) is 9.97 Å². The van der Waals surface area contributed by atoms with Gasteiger partial charge >= 0.3 is 0 Å². The Balaban J connectivity index is 3.13. The highest BCUT2D eigenvalue weighted by molar-refractivity contribution is 7.98. The van der Waals surface area contributed by atoms with Crippen LogP contribution >= 0.6 is 11.8 Å². The lowest BCUT2D eigenvalue weighted by Gasteiger charge is -2.27. The average molecular weight is 283 g/mol. The van der Waals surface area contributed by atoms with Gasteiger partial charge in [0.2, 0.25) is 0 Å². The first-order valence-electron chi connectivity index (χ1n) is 6.61. The van der Waals surface area contributed by atoms with Crippen LogP contribution in [-0.2, 0) is 6.42 Å². The zero-order valence-corrected chi connectivity index (χ0v) is 13.3. The Labute approximate surface area is 120 Å². The zero-order valence-electron chi connectivity index (χ0n) is 12.5. The maximum Gasteiger partial charge on any atom is 0.148 e. The van der Waals surface area contributed by atoms with Gasteiger partial charge < -0.3 is 10.3 Å². The minimum atomic E-state index is 0.420. The molecular formula is C13H25N5S. The van der Waals surface area contributed by atoms with Crippen LogP contribution in [0.1, 0.15) is 31.7 Å². The van der Waals surface area contributed by atoms with Crippen molar-refractivity contribution in [3.05, 3.63) is 11.4 Å². The molecular weight excluding hydrogens is 258 g/mol. The van der Waals surface area contributed by atoms with E-state index in [0.717, 1.165) is 41.6 Å². The fraction of sp³-hybridized carbons (Fsp3) is 0.692. The Bertz CT molecular complexity index is 410. The van der Waals surface area contributed by atoms with Gasteiger partial charge in [-0.2, -0.15) is 11.8 Å². The summed E-state index contributed by atoms with van der Waals surface area (Å²) in [6.07, 6.45) is 4.01. The van der Waals surface area contributed by atoms with Crippen molar-refractivity contribution in [2.24, 2.45) is 5.84 Å². The largest absolute Gasteiger partial charge is 0.356 e. The van der Waals surface area contributed by atoms with E-state index in [1.165, 1.54) is 0 Å². The summed E-state index contributed by atoms with van der Waals surface area (Å²) in [6, 6.07) is 0.420. The fourth-order valence-electron chi connectivity index (χ4n) is 1.93. The Kier molecular flexibility index (Phi) is 6.37. The molecule has 6 heteroatoms. The van der Waals surface area contributed by atoms with E-state index in [1.807, 2.05) is 18.7 Å². The molecule has 1 atom stereocenters. The van der Waals surface area contributed by atoms with E-state index < -0.39 is 0 Å². The Morgan fingerprint density at radius 3 is 2.63 bits per heavy atom. The minimum Gasteiger partial charge on any atom is -0.356 e. The summed E-state index contributed by atoms with van der Waals surface area (Å²) in [4.78, 5) is 11.3. The molecule has 0 saturated carbocycles. The topological polar surface area (TPSA) is 67.1 Å². The van der Waals surface area contributed by atoms with Gasteiger partial charge in [-0.1, -0.05) is 6.92 Å². The van der Waals surface area contributed by atoms with E-state index in [-0.39, 0.29) is 0 Å². The summed E-state index contributed by atoms with van der Waals surface area (Å²) >= 11 is 1.84. The van der Waals surface area contributed by atoms with Crippen LogP contribution in [0.4, 0.5) is 11.6 Å². The predicted molar refractivity (Wildman–Crippen MR) is 84.8 cm³/mol. The number of aryl methyl sites for hydroxylation is 1. The summed E-state index contributed by atoms with van der Waals surface area (Å²) in [6.45, 7) is 6.33. The van der Waals surface area contributed by atoms with E-state index >= 15 is 0 Å². The molecule has 1 aromatic rings. The number of hydrogen-bond donors (Lipinski definition) is 2. The number of anilines is 2. The number of aromatic nitrogens is 2. The smallest absolute Gasteiger partial charge is 0.148 e. The third-order valence-electron chi connectivity index (χ3n) is 3.18. The lowest BCUT2D eigenvalue weighted by molar-refractivity contribution is 0.735. The molecule has 1 rings (SSSR count). The molecule has 108 valence electrons. The SMILES string of the molecule is CCCc1nc(NN)c(C)c(N(C)C(C)CSC)n1. The third-order valence-corrected chi connectivity index (χ3v) is 4.00. The minimum absolute atomic E-state index is 0.420.